The Morgan fingerprint density at radius 3 is 2.32 bits per heavy atom. The van der Waals surface area contributed by atoms with Crippen LogP contribution in [0.15, 0.2) is 0 Å². The Kier molecular flexibility index (Phi) is 5.39. The van der Waals surface area contributed by atoms with E-state index in [2.05, 4.69) is 13.8 Å². The van der Waals surface area contributed by atoms with E-state index in [9.17, 15) is 14.7 Å². The van der Waals surface area contributed by atoms with Crippen molar-refractivity contribution < 1.29 is 14.7 Å². The number of carboxylic acid groups (broad SMARTS) is 1. The molecule has 1 amide bonds. The van der Waals surface area contributed by atoms with Gasteiger partial charge in [0.05, 0.1) is 5.41 Å². The molecule has 0 bridgehead atoms. The zero-order valence-corrected chi connectivity index (χ0v) is 12.6. The highest BCUT2D eigenvalue weighted by atomic mass is 16.4. The first-order chi connectivity index (χ1) is 8.88. The molecule has 0 aliphatic carbocycles. The normalized spacial score (nSPS) is 24.3. The molecule has 1 aliphatic rings. The molecule has 19 heavy (non-hydrogen) atoms. The van der Waals surface area contributed by atoms with E-state index in [1.807, 2.05) is 18.7 Å². The summed E-state index contributed by atoms with van der Waals surface area (Å²) < 4.78 is 0. The Hall–Kier alpha value is -1.06. The lowest BCUT2D eigenvalue weighted by Crippen LogP contribution is -2.48. The minimum atomic E-state index is -0.891. The molecule has 1 aliphatic heterocycles. The summed E-state index contributed by atoms with van der Waals surface area (Å²) in [5.74, 6) is -0.339. The van der Waals surface area contributed by atoms with Crippen molar-refractivity contribution in [2.24, 2.45) is 11.3 Å². The second kappa shape index (κ2) is 6.40. The van der Waals surface area contributed by atoms with Gasteiger partial charge in [0.1, 0.15) is 0 Å². The first kappa shape index (κ1) is 16.0. The highest BCUT2D eigenvalue weighted by Gasteiger charge is 2.40. The minimum Gasteiger partial charge on any atom is -0.481 e. The van der Waals surface area contributed by atoms with Crippen LogP contribution in [0.4, 0.5) is 0 Å². The van der Waals surface area contributed by atoms with Crippen molar-refractivity contribution in [1.29, 1.82) is 0 Å². The highest BCUT2D eigenvalue weighted by Crippen LogP contribution is 2.33. The largest absolute Gasteiger partial charge is 0.481 e. The summed E-state index contributed by atoms with van der Waals surface area (Å²) >= 11 is 0. The molecule has 1 heterocycles. The fraction of sp³-hybridized carbons (Fsp3) is 0.867. The fourth-order valence-electron chi connectivity index (χ4n) is 2.96. The van der Waals surface area contributed by atoms with Crippen LogP contribution in [-0.2, 0) is 9.59 Å². The highest BCUT2D eigenvalue weighted by molar-refractivity contribution is 5.85. The van der Waals surface area contributed by atoms with E-state index in [0.717, 1.165) is 19.4 Å². The zero-order valence-electron chi connectivity index (χ0n) is 12.6. The maximum atomic E-state index is 12.5. The molecular weight excluding hydrogens is 242 g/mol. The number of rotatable bonds is 5. The second-order valence-electron chi connectivity index (χ2n) is 5.92. The second-order valence-corrected chi connectivity index (χ2v) is 5.92. The quantitative estimate of drug-likeness (QED) is 0.835. The van der Waals surface area contributed by atoms with Crippen molar-refractivity contribution in [2.75, 3.05) is 6.54 Å². The average Bonchev–Trinajstić information content (AvgIpc) is 2.38. The Bertz CT molecular complexity index is 336. The lowest BCUT2D eigenvalue weighted by Gasteiger charge is -2.39. The van der Waals surface area contributed by atoms with Crippen molar-refractivity contribution in [3.63, 3.8) is 0 Å². The number of hydrogen-bond donors (Lipinski definition) is 1. The molecule has 4 heteroatoms. The van der Waals surface area contributed by atoms with Gasteiger partial charge < -0.3 is 10.0 Å². The van der Waals surface area contributed by atoms with Crippen LogP contribution in [0.1, 0.15) is 59.8 Å². The molecule has 4 nitrogen and oxygen atoms in total. The summed E-state index contributed by atoms with van der Waals surface area (Å²) in [6.07, 6.45) is 3.31. The Morgan fingerprint density at radius 1 is 1.26 bits per heavy atom. The molecule has 0 saturated carbocycles. The van der Waals surface area contributed by atoms with Crippen molar-refractivity contribution in [1.82, 2.24) is 4.90 Å². The topological polar surface area (TPSA) is 57.6 Å². The molecule has 0 aromatic heterocycles. The van der Waals surface area contributed by atoms with Gasteiger partial charge in [-0.15, -0.1) is 0 Å². The van der Waals surface area contributed by atoms with Gasteiger partial charge in [-0.25, -0.2) is 0 Å². The molecule has 1 saturated heterocycles. The monoisotopic (exact) mass is 269 g/mol. The van der Waals surface area contributed by atoms with E-state index < -0.39 is 11.4 Å². The van der Waals surface area contributed by atoms with Crippen LogP contribution < -0.4 is 0 Å². The van der Waals surface area contributed by atoms with Crippen LogP contribution in [0, 0.1) is 11.3 Å². The number of likely N-dealkylation sites (tertiary alicyclic amines) is 1. The minimum absolute atomic E-state index is 0.00477. The molecule has 2 unspecified atom stereocenters. The predicted octanol–water partition coefficient (Wildman–Crippen LogP) is 2.91. The van der Waals surface area contributed by atoms with E-state index in [0.29, 0.717) is 18.8 Å². The molecule has 0 spiro atoms. The first-order valence-corrected chi connectivity index (χ1v) is 7.40. The number of carbonyl (C=O) groups is 2. The van der Waals surface area contributed by atoms with Gasteiger partial charge in [0.2, 0.25) is 5.91 Å². The van der Waals surface area contributed by atoms with Crippen LogP contribution in [0.2, 0.25) is 0 Å². The third kappa shape index (κ3) is 3.28. The van der Waals surface area contributed by atoms with E-state index >= 15 is 0 Å². The summed E-state index contributed by atoms with van der Waals surface area (Å²) in [6, 6.07) is 0.224. The zero-order chi connectivity index (χ0) is 14.6. The summed E-state index contributed by atoms with van der Waals surface area (Å²) in [4.78, 5) is 25.8. The van der Waals surface area contributed by atoms with E-state index in [1.165, 1.54) is 0 Å². The predicted molar refractivity (Wildman–Crippen MR) is 74.8 cm³/mol. The van der Waals surface area contributed by atoms with Gasteiger partial charge >= 0.3 is 5.97 Å². The van der Waals surface area contributed by atoms with Crippen LogP contribution in [0.25, 0.3) is 0 Å². The third-order valence-electron chi connectivity index (χ3n) is 4.99. The SMILES string of the molecule is CCC(CC)(CC(=O)N1CCCC(C)C1C)C(=O)O. The first-order valence-electron chi connectivity index (χ1n) is 7.40. The summed E-state index contributed by atoms with van der Waals surface area (Å²) in [5, 5.41) is 9.42. The molecule has 0 aromatic rings. The standard InChI is InChI=1S/C15H27NO3/c1-5-15(6-2,14(18)19)10-13(17)16-9-7-8-11(3)12(16)4/h11-12H,5-10H2,1-4H3,(H,18,19). The van der Waals surface area contributed by atoms with Gasteiger partial charge in [0.15, 0.2) is 0 Å². The number of aliphatic carboxylic acids is 1. The Balaban J connectivity index is 2.80. The fourth-order valence-corrected chi connectivity index (χ4v) is 2.96. The van der Waals surface area contributed by atoms with Crippen molar-refractivity contribution in [3.05, 3.63) is 0 Å². The number of carbonyl (C=O) groups excluding carboxylic acids is 1. The number of piperidine rings is 1. The maximum absolute atomic E-state index is 12.5. The lowest BCUT2D eigenvalue weighted by molar-refractivity contribution is -0.155. The molecule has 2 atom stereocenters. The molecule has 110 valence electrons. The van der Waals surface area contributed by atoms with E-state index in [4.69, 9.17) is 0 Å². The lowest BCUT2D eigenvalue weighted by atomic mass is 9.78. The van der Waals surface area contributed by atoms with E-state index in [1.54, 1.807) is 0 Å². The molecule has 1 N–H and O–H groups in total. The Morgan fingerprint density at radius 2 is 1.84 bits per heavy atom. The summed E-state index contributed by atoms with van der Waals surface area (Å²) in [7, 11) is 0. The van der Waals surface area contributed by atoms with Crippen molar-refractivity contribution in [3.8, 4) is 0 Å². The molecule has 1 fully saturated rings. The maximum Gasteiger partial charge on any atom is 0.310 e. The van der Waals surface area contributed by atoms with Gasteiger partial charge in [-0.3, -0.25) is 9.59 Å². The van der Waals surface area contributed by atoms with Gasteiger partial charge in [-0.1, -0.05) is 20.8 Å². The average molecular weight is 269 g/mol. The molecule has 1 rings (SSSR count). The molecular formula is C15H27NO3. The van der Waals surface area contributed by atoms with Crippen LogP contribution in [0.5, 0.6) is 0 Å². The van der Waals surface area contributed by atoms with Gasteiger partial charge in [0.25, 0.3) is 0 Å². The number of carboxylic acids is 1. The number of nitrogens with zero attached hydrogens (tertiary/aromatic N) is 1. The smallest absolute Gasteiger partial charge is 0.310 e. The summed E-state index contributed by atoms with van der Waals surface area (Å²) in [5.41, 5.74) is -0.891. The van der Waals surface area contributed by atoms with E-state index in [-0.39, 0.29) is 18.4 Å². The molecule has 0 aromatic carbocycles. The number of amides is 1. The van der Waals surface area contributed by atoms with Crippen molar-refractivity contribution in [2.45, 2.75) is 65.8 Å². The van der Waals surface area contributed by atoms with Crippen LogP contribution in [-0.4, -0.2) is 34.5 Å². The van der Waals surface area contributed by atoms with Crippen LogP contribution >= 0.6 is 0 Å². The summed E-state index contributed by atoms with van der Waals surface area (Å²) in [6.45, 7) is 8.71. The number of hydrogen-bond acceptors (Lipinski definition) is 2. The van der Waals surface area contributed by atoms with Gasteiger partial charge in [-0.05, 0) is 38.5 Å². The Labute approximate surface area is 116 Å². The third-order valence-corrected chi connectivity index (χ3v) is 4.99. The van der Waals surface area contributed by atoms with Crippen molar-refractivity contribution >= 4 is 11.9 Å². The molecule has 0 radical (unpaired) electrons. The van der Waals surface area contributed by atoms with Gasteiger partial charge in [0, 0.05) is 19.0 Å². The van der Waals surface area contributed by atoms with Gasteiger partial charge in [-0.2, -0.15) is 0 Å². The van der Waals surface area contributed by atoms with Crippen LogP contribution in [0.3, 0.4) is 0 Å².